The molecule has 0 rings (SSSR count). The first kappa shape index (κ1) is 16.4. The Bertz CT molecular complexity index is 302. The number of carbonyl (C=O) groups excluding carboxylic acids is 1. The summed E-state index contributed by atoms with van der Waals surface area (Å²) in [4.78, 5) is 22.3. The van der Waals surface area contributed by atoms with Gasteiger partial charge >= 0.3 is 12.0 Å². The Morgan fingerprint density at radius 1 is 1.50 bits per heavy atom. The zero-order chi connectivity index (χ0) is 14.2. The monoisotopic (exact) mass is 258 g/mol. The molecule has 6 nitrogen and oxygen atoms in total. The lowest BCUT2D eigenvalue weighted by Gasteiger charge is -2.25. The predicted octanol–water partition coefficient (Wildman–Crippen LogP) is 1.13. The van der Waals surface area contributed by atoms with Crippen LogP contribution >= 0.6 is 0 Å². The van der Waals surface area contributed by atoms with Crippen molar-refractivity contribution in [3.8, 4) is 0 Å². The second-order valence-corrected chi connectivity index (χ2v) is 4.43. The normalized spacial score (nSPS) is 12.6. The van der Waals surface area contributed by atoms with Gasteiger partial charge < -0.3 is 20.5 Å². The van der Waals surface area contributed by atoms with Crippen LogP contribution in [0, 0.1) is 0 Å². The highest BCUT2D eigenvalue weighted by Crippen LogP contribution is 2.06. The quantitative estimate of drug-likeness (QED) is 0.569. The van der Waals surface area contributed by atoms with E-state index < -0.39 is 23.6 Å². The van der Waals surface area contributed by atoms with Gasteiger partial charge in [0.1, 0.15) is 6.04 Å². The molecule has 0 aromatic heterocycles. The Balaban J connectivity index is 4.17. The predicted molar refractivity (Wildman–Crippen MR) is 68.5 cm³/mol. The van der Waals surface area contributed by atoms with Crippen molar-refractivity contribution in [2.75, 3.05) is 13.2 Å². The molecule has 0 saturated carbocycles. The summed E-state index contributed by atoms with van der Waals surface area (Å²) in [5.74, 6) is -1.09. The number of carbonyl (C=O) groups is 2. The summed E-state index contributed by atoms with van der Waals surface area (Å²) < 4.78 is 5.40. The zero-order valence-electron chi connectivity index (χ0n) is 11.2. The van der Waals surface area contributed by atoms with Crippen molar-refractivity contribution in [2.45, 2.75) is 38.8 Å². The van der Waals surface area contributed by atoms with E-state index in [0.717, 1.165) is 0 Å². The lowest BCUT2D eigenvalue weighted by molar-refractivity contribution is -0.139. The Morgan fingerprint density at radius 2 is 2.11 bits per heavy atom. The number of hydrogen-bond donors (Lipinski definition) is 3. The van der Waals surface area contributed by atoms with E-state index in [1.54, 1.807) is 0 Å². The van der Waals surface area contributed by atoms with Crippen LogP contribution in [0.1, 0.15) is 27.2 Å². The maximum Gasteiger partial charge on any atom is 0.326 e. The van der Waals surface area contributed by atoms with Crippen molar-refractivity contribution in [2.24, 2.45) is 0 Å². The van der Waals surface area contributed by atoms with Crippen molar-refractivity contribution in [3.05, 3.63) is 12.7 Å². The SMILES string of the molecule is C=CCC(NC(=O)NCC(C)(C)OCC)C(=O)O. The standard InChI is InChI=1S/C12H22N2O4/c1-5-7-9(10(15)16)14-11(17)13-8-12(3,4)18-6-2/h5,9H,1,6-8H2,2-4H3,(H,15,16)(H2,13,14,17). The Labute approximate surface area is 107 Å². The largest absolute Gasteiger partial charge is 0.480 e. The number of hydrogen-bond acceptors (Lipinski definition) is 3. The van der Waals surface area contributed by atoms with E-state index >= 15 is 0 Å². The van der Waals surface area contributed by atoms with E-state index in [-0.39, 0.29) is 6.42 Å². The molecule has 1 atom stereocenters. The van der Waals surface area contributed by atoms with Crippen molar-refractivity contribution >= 4 is 12.0 Å². The zero-order valence-corrected chi connectivity index (χ0v) is 11.2. The Kier molecular flexibility index (Phi) is 7.04. The van der Waals surface area contributed by atoms with Gasteiger partial charge in [0.05, 0.1) is 5.60 Å². The number of carboxylic acids is 1. The third-order valence-corrected chi connectivity index (χ3v) is 2.22. The van der Waals surface area contributed by atoms with Crippen LogP contribution in [0.25, 0.3) is 0 Å². The van der Waals surface area contributed by atoms with Gasteiger partial charge in [0.25, 0.3) is 0 Å². The molecular weight excluding hydrogens is 236 g/mol. The van der Waals surface area contributed by atoms with Gasteiger partial charge in [-0.3, -0.25) is 0 Å². The molecular formula is C12H22N2O4. The molecule has 0 aliphatic rings. The molecule has 0 heterocycles. The molecule has 1 unspecified atom stereocenters. The highest BCUT2D eigenvalue weighted by Gasteiger charge is 2.21. The second-order valence-electron chi connectivity index (χ2n) is 4.43. The first-order valence-electron chi connectivity index (χ1n) is 5.84. The van der Waals surface area contributed by atoms with E-state index in [1.165, 1.54) is 6.08 Å². The lowest BCUT2D eigenvalue weighted by atomic mass is 10.1. The molecule has 0 bridgehead atoms. The molecule has 0 aromatic rings. The maximum absolute atomic E-state index is 11.5. The highest BCUT2D eigenvalue weighted by atomic mass is 16.5. The molecule has 2 amide bonds. The van der Waals surface area contributed by atoms with E-state index in [9.17, 15) is 9.59 Å². The smallest absolute Gasteiger partial charge is 0.326 e. The van der Waals surface area contributed by atoms with Crippen LogP contribution in [-0.4, -0.2) is 41.9 Å². The van der Waals surface area contributed by atoms with Crippen LogP contribution in [0.2, 0.25) is 0 Å². The van der Waals surface area contributed by atoms with Crippen LogP contribution < -0.4 is 10.6 Å². The first-order chi connectivity index (χ1) is 8.32. The van der Waals surface area contributed by atoms with Crippen molar-refractivity contribution in [3.63, 3.8) is 0 Å². The molecule has 0 aromatic carbocycles. The molecule has 0 fully saturated rings. The molecule has 3 N–H and O–H groups in total. The van der Waals surface area contributed by atoms with E-state index in [2.05, 4.69) is 17.2 Å². The number of nitrogens with one attached hydrogen (secondary N) is 2. The molecule has 104 valence electrons. The minimum Gasteiger partial charge on any atom is -0.480 e. The minimum atomic E-state index is -1.09. The summed E-state index contributed by atoms with van der Waals surface area (Å²) in [6.45, 7) is 9.84. The van der Waals surface area contributed by atoms with Gasteiger partial charge in [0.15, 0.2) is 0 Å². The third-order valence-electron chi connectivity index (χ3n) is 2.22. The van der Waals surface area contributed by atoms with E-state index in [1.807, 2.05) is 20.8 Å². The number of aliphatic carboxylic acids is 1. The fourth-order valence-electron chi connectivity index (χ4n) is 1.33. The molecule has 0 radical (unpaired) electrons. The lowest BCUT2D eigenvalue weighted by Crippen LogP contribution is -2.49. The number of ether oxygens (including phenoxy) is 1. The fraction of sp³-hybridized carbons (Fsp3) is 0.667. The number of amides is 2. The number of rotatable bonds is 8. The van der Waals surface area contributed by atoms with Crippen molar-refractivity contribution in [1.29, 1.82) is 0 Å². The topological polar surface area (TPSA) is 87.7 Å². The number of urea groups is 1. The van der Waals surface area contributed by atoms with Gasteiger partial charge in [0.2, 0.25) is 0 Å². The number of carboxylic acid groups (broad SMARTS) is 1. The van der Waals surface area contributed by atoms with Gasteiger partial charge in [-0.25, -0.2) is 9.59 Å². The van der Waals surface area contributed by atoms with Crippen LogP contribution in [0.4, 0.5) is 4.79 Å². The molecule has 6 heteroatoms. The maximum atomic E-state index is 11.5. The fourth-order valence-corrected chi connectivity index (χ4v) is 1.33. The van der Waals surface area contributed by atoms with Gasteiger partial charge in [-0.05, 0) is 27.2 Å². The summed E-state index contributed by atoms with van der Waals surface area (Å²) in [6, 6.07) is -1.49. The first-order valence-corrected chi connectivity index (χ1v) is 5.84. The summed E-state index contributed by atoms with van der Waals surface area (Å²) >= 11 is 0. The molecule has 0 aliphatic heterocycles. The van der Waals surface area contributed by atoms with Gasteiger partial charge in [-0.2, -0.15) is 0 Å². The van der Waals surface area contributed by atoms with Crippen LogP contribution in [0.3, 0.4) is 0 Å². The van der Waals surface area contributed by atoms with Crippen molar-refractivity contribution in [1.82, 2.24) is 10.6 Å². The second kappa shape index (κ2) is 7.71. The van der Waals surface area contributed by atoms with Crippen LogP contribution in [0.5, 0.6) is 0 Å². The summed E-state index contributed by atoms with van der Waals surface area (Å²) in [7, 11) is 0. The van der Waals surface area contributed by atoms with Gasteiger partial charge in [-0.15, -0.1) is 6.58 Å². The summed E-state index contributed by atoms with van der Waals surface area (Å²) in [6.07, 6.45) is 1.63. The molecule has 0 spiro atoms. The summed E-state index contributed by atoms with van der Waals surface area (Å²) in [5.41, 5.74) is -0.483. The van der Waals surface area contributed by atoms with E-state index in [4.69, 9.17) is 9.84 Å². The van der Waals surface area contributed by atoms with E-state index in [0.29, 0.717) is 13.2 Å². The van der Waals surface area contributed by atoms with Crippen LogP contribution in [-0.2, 0) is 9.53 Å². The third kappa shape index (κ3) is 6.90. The van der Waals surface area contributed by atoms with Crippen LogP contribution in [0.15, 0.2) is 12.7 Å². The highest BCUT2D eigenvalue weighted by molar-refractivity contribution is 5.82. The average Bonchev–Trinajstić information content (AvgIpc) is 2.26. The Morgan fingerprint density at radius 3 is 2.56 bits per heavy atom. The average molecular weight is 258 g/mol. The van der Waals surface area contributed by atoms with Gasteiger partial charge in [-0.1, -0.05) is 6.08 Å². The minimum absolute atomic E-state index is 0.178. The molecule has 0 saturated heterocycles. The molecule has 18 heavy (non-hydrogen) atoms. The van der Waals surface area contributed by atoms with Crippen molar-refractivity contribution < 1.29 is 19.4 Å². The Hall–Kier alpha value is -1.56. The molecule has 0 aliphatic carbocycles. The van der Waals surface area contributed by atoms with Gasteiger partial charge in [0, 0.05) is 13.2 Å². The summed E-state index contributed by atoms with van der Waals surface area (Å²) in [5, 5.41) is 13.8.